The Morgan fingerprint density at radius 1 is 1.22 bits per heavy atom. The van der Waals surface area contributed by atoms with Gasteiger partial charge in [0.1, 0.15) is 5.69 Å². The van der Waals surface area contributed by atoms with Crippen molar-refractivity contribution >= 4 is 28.9 Å². The molecule has 2 aromatic carbocycles. The van der Waals surface area contributed by atoms with Crippen LogP contribution in [0.4, 0.5) is 11.4 Å². The fraction of sp³-hybridized carbons (Fsp3) is 0.235. The molecule has 0 fully saturated rings. The average Bonchev–Trinajstić information content (AvgIpc) is 2.55. The van der Waals surface area contributed by atoms with Crippen LogP contribution < -0.4 is 5.32 Å². The van der Waals surface area contributed by atoms with Crippen molar-refractivity contribution in [2.45, 2.75) is 18.2 Å². The number of thioether (sulfide) groups is 1. The van der Waals surface area contributed by atoms with Gasteiger partial charge in [-0.15, -0.1) is 11.8 Å². The number of anilines is 1. The molecular formula is C17H18N2O3S. The third kappa shape index (κ3) is 5.10. The van der Waals surface area contributed by atoms with E-state index in [9.17, 15) is 14.9 Å². The minimum atomic E-state index is -0.465. The molecule has 1 N–H and O–H groups in total. The second-order valence-electron chi connectivity index (χ2n) is 4.99. The molecule has 0 heterocycles. The number of benzene rings is 2. The van der Waals surface area contributed by atoms with Gasteiger partial charge in [0.15, 0.2) is 5.78 Å². The first-order chi connectivity index (χ1) is 11.1. The quantitative estimate of drug-likeness (QED) is 0.255. The standard InChI is InChI=1S/C17H18N2O3S/c1-13(20)14-8-9-16(17(12-14)19(21)22)18-10-5-11-23-15-6-3-2-4-7-15/h2-4,6-9,12,18H,5,10-11H2,1H3. The normalized spacial score (nSPS) is 10.3. The van der Waals surface area contributed by atoms with Gasteiger partial charge in [-0.05, 0) is 43.4 Å². The van der Waals surface area contributed by atoms with Crippen molar-refractivity contribution in [3.8, 4) is 0 Å². The summed E-state index contributed by atoms with van der Waals surface area (Å²) >= 11 is 1.75. The van der Waals surface area contributed by atoms with Crippen LogP contribution in [0.25, 0.3) is 0 Å². The summed E-state index contributed by atoms with van der Waals surface area (Å²) in [5.74, 6) is 0.745. The minimum Gasteiger partial charge on any atom is -0.379 e. The number of nitrogens with one attached hydrogen (secondary N) is 1. The van der Waals surface area contributed by atoms with Crippen molar-refractivity contribution in [1.29, 1.82) is 0 Å². The lowest BCUT2D eigenvalue weighted by Crippen LogP contribution is -2.06. The summed E-state index contributed by atoms with van der Waals surface area (Å²) in [7, 11) is 0. The van der Waals surface area contributed by atoms with Gasteiger partial charge in [-0.3, -0.25) is 14.9 Å². The number of rotatable bonds is 8. The Kier molecular flexibility index (Phi) is 6.17. The molecule has 0 saturated heterocycles. The zero-order chi connectivity index (χ0) is 16.7. The Morgan fingerprint density at radius 3 is 2.61 bits per heavy atom. The van der Waals surface area contributed by atoms with Crippen LogP contribution in [0, 0.1) is 10.1 Å². The largest absolute Gasteiger partial charge is 0.379 e. The molecule has 0 atom stereocenters. The van der Waals surface area contributed by atoms with Gasteiger partial charge >= 0.3 is 0 Å². The highest BCUT2D eigenvalue weighted by Gasteiger charge is 2.15. The maximum Gasteiger partial charge on any atom is 0.293 e. The molecule has 0 aliphatic carbocycles. The minimum absolute atomic E-state index is 0.0617. The van der Waals surface area contributed by atoms with Crippen LogP contribution in [0.3, 0.4) is 0 Å². The van der Waals surface area contributed by atoms with Crippen LogP contribution in [0.15, 0.2) is 53.4 Å². The molecule has 0 aliphatic heterocycles. The second-order valence-corrected chi connectivity index (χ2v) is 6.16. The van der Waals surface area contributed by atoms with E-state index in [1.165, 1.54) is 17.9 Å². The summed E-state index contributed by atoms with van der Waals surface area (Å²) in [5, 5.41) is 14.2. The lowest BCUT2D eigenvalue weighted by atomic mass is 10.1. The molecule has 0 bridgehead atoms. The van der Waals surface area contributed by atoms with Crippen LogP contribution in [0.1, 0.15) is 23.7 Å². The zero-order valence-corrected chi connectivity index (χ0v) is 13.6. The number of carbonyl (C=O) groups excluding carboxylic acids is 1. The number of Topliss-reactive ketones (excluding diaryl/α,β-unsaturated/α-hetero) is 1. The van der Waals surface area contributed by atoms with E-state index in [4.69, 9.17) is 0 Å². The first-order valence-electron chi connectivity index (χ1n) is 7.29. The molecular weight excluding hydrogens is 312 g/mol. The monoisotopic (exact) mass is 330 g/mol. The van der Waals surface area contributed by atoms with Gasteiger partial charge < -0.3 is 5.32 Å². The highest BCUT2D eigenvalue weighted by molar-refractivity contribution is 7.99. The summed E-state index contributed by atoms with van der Waals surface area (Å²) in [5.41, 5.74) is 0.736. The molecule has 0 amide bonds. The molecule has 120 valence electrons. The third-order valence-electron chi connectivity index (χ3n) is 3.25. The van der Waals surface area contributed by atoms with E-state index in [1.807, 2.05) is 18.2 Å². The Balaban J connectivity index is 1.87. The van der Waals surface area contributed by atoms with E-state index in [0.29, 0.717) is 17.8 Å². The van der Waals surface area contributed by atoms with Crippen LogP contribution in [0.5, 0.6) is 0 Å². The van der Waals surface area contributed by atoms with Crippen LogP contribution in [0.2, 0.25) is 0 Å². The molecule has 0 aromatic heterocycles. The summed E-state index contributed by atoms with van der Waals surface area (Å²) < 4.78 is 0. The van der Waals surface area contributed by atoms with Gasteiger partial charge in [-0.25, -0.2) is 0 Å². The summed E-state index contributed by atoms with van der Waals surface area (Å²) in [6, 6.07) is 14.6. The number of nitro groups is 1. The number of nitrogens with zero attached hydrogens (tertiary/aromatic N) is 1. The maximum absolute atomic E-state index is 11.3. The Hall–Kier alpha value is -2.34. The first-order valence-corrected chi connectivity index (χ1v) is 8.27. The number of ketones is 1. The molecule has 2 aromatic rings. The zero-order valence-electron chi connectivity index (χ0n) is 12.8. The molecule has 0 unspecified atom stereocenters. The topological polar surface area (TPSA) is 72.2 Å². The van der Waals surface area contributed by atoms with Crippen molar-refractivity contribution in [3.05, 3.63) is 64.2 Å². The smallest absolute Gasteiger partial charge is 0.293 e. The van der Waals surface area contributed by atoms with Crippen LogP contribution in [-0.4, -0.2) is 23.0 Å². The second kappa shape index (κ2) is 8.33. The summed E-state index contributed by atoms with van der Waals surface area (Å²) in [6.07, 6.45) is 0.880. The van der Waals surface area contributed by atoms with E-state index in [1.54, 1.807) is 23.9 Å². The van der Waals surface area contributed by atoms with E-state index in [0.717, 1.165) is 12.2 Å². The SMILES string of the molecule is CC(=O)c1ccc(NCCCSc2ccccc2)c([N+](=O)[O-])c1. The molecule has 0 radical (unpaired) electrons. The molecule has 0 saturated carbocycles. The van der Waals surface area contributed by atoms with E-state index >= 15 is 0 Å². The predicted octanol–water partition coefficient (Wildman–Crippen LogP) is 4.39. The Morgan fingerprint density at radius 2 is 1.96 bits per heavy atom. The lowest BCUT2D eigenvalue weighted by molar-refractivity contribution is -0.384. The number of hydrogen-bond donors (Lipinski definition) is 1. The van der Waals surface area contributed by atoms with Gasteiger partial charge in [-0.1, -0.05) is 18.2 Å². The van der Waals surface area contributed by atoms with Crippen LogP contribution in [-0.2, 0) is 0 Å². The number of nitro benzene ring substituents is 1. The molecule has 0 spiro atoms. The van der Waals surface area contributed by atoms with Crippen molar-refractivity contribution < 1.29 is 9.72 Å². The molecule has 2 rings (SSSR count). The fourth-order valence-electron chi connectivity index (χ4n) is 2.05. The average molecular weight is 330 g/mol. The lowest BCUT2D eigenvalue weighted by Gasteiger charge is -2.08. The molecule has 5 nitrogen and oxygen atoms in total. The summed E-state index contributed by atoms with van der Waals surface area (Å²) in [6.45, 7) is 2.03. The van der Waals surface area contributed by atoms with E-state index in [-0.39, 0.29) is 11.5 Å². The molecule has 23 heavy (non-hydrogen) atoms. The van der Waals surface area contributed by atoms with Gasteiger partial charge in [-0.2, -0.15) is 0 Å². The molecule has 0 aliphatic rings. The van der Waals surface area contributed by atoms with Crippen molar-refractivity contribution in [2.75, 3.05) is 17.6 Å². The maximum atomic E-state index is 11.3. The summed E-state index contributed by atoms with van der Waals surface area (Å²) in [4.78, 5) is 23.2. The van der Waals surface area contributed by atoms with Crippen molar-refractivity contribution in [3.63, 3.8) is 0 Å². The highest BCUT2D eigenvalue weighted by Crippen LogP contribution is 2.26. The van der Waals surface area contributed by atoms with Gasteiger partial charge in [0.2, 0.25) is 0 Å². The number of hydrogen-bond acceptors (Lipinski definition) is 5. The highest BCUT2D eigenvalue weighted by atomic mass is 32.2. The van der Waals surface area contributed by atoms with E-state index in [2.05, 4.69) is 17.4 Å². The fourth-order valence-corrected chi connectivity index (χ4v) is 2.93. The van der Waals surface area contributed by atoms with Crippen molar-refractivity contribution in [1.82, 2.24) is 0 Å². The first kappa shape index (κ1) is 17.0. The van der Waals surface area contributed by atoms with E-state index < -0.39 is 4.92 Å². The third-order valence-corrected chi connectivity index (χ3v) is 4.35. The Labute approximate surface area is 139 Å². The van der Waals surface area contributed by atoms with Gasteiger partial charge in [0.25, 0.3) is 5.69 Å². The number of carbonyl (C=O) groups is 1. The van der Waals surface area contributed by atoms with Crippen LogP contribution >= 0.6 is 11.8 Å². The molecule has 6 heteroatoms. The van der Waals surface area contributed by atoms with Crippen molar-refractivity contribution in [2.24, 2.45) is 0 Å². The Bertz CT molecular complexity index is 689. The van der Waals surface area contributed by atoms with Gasteiger partial charge in [0, 0.05) is 23.1 Å². The van der Waals surface area contributed by atoms with Gasteiger partial charge in [0.05, 0.1) is 4.92 Å². The predicted molar refractivity (Wildman–Crippen MR) is 93.4 cm³/mol.